The van der Waals surface area contributed by atoms with E-state index in [-0.39, 0.29) is 24.2 Å². The van der Waals surface area contributed by atoms with Gasteiger partial charge in [-0.3, -0.25) is 14.5 Å². The van der Waals surface area contributed by atoms with Crippen molar-refractivity contribution < 1.29 is 18.7 Å². The third kappa shape index (κ3) is 4.18. The normalized spacial score (nSPS) is 17.6. The van der Waals surface area contributed by atoms with Gasteiger partial charge in [0, 0.05) is 38.3 Å². The minimum atomic E-state index is -0.314. The second-order valence-electron chi connectivity index (χ2n) is 7.85. The molecule has 2 aromatic rings. The number of hydrogen-bond acceptors (Lipinski definition) is 5. The third-order valence-electron chi connectivity index (χ3n) is 5.88. The Morgan fingerprint density at radius 3 is 2.29 bits per heavy atom. The van der Waals surface area contributed by atoms with Crippen molar-refractivity contribution in [3.05, 3.63) is 71.2 Å². The van der Waals surface area contributed by atoms with E-state index in [9.17, 15) is 14.0 Å². The van der Waals surface area contributed by atoms with Crippen molar-refractivity contribution in [1.29, 1.82) is 0 Å². The Hall–Kier alpha value is -3.19. The molecule has 2 amide bonds. The second kappa shape index (κ2) is 8.89. The molecule has 2 aliphatic rings. The number of para-hydroxylation sites is 1. The van der Waals surface area contributed by atoms with Gasteiger partial charge in [0.15, 0.2) is 0 Å². The molecular formula is C24H26FN3O3. The van der Waals surface area contributed by atoms with Crippen molar-refractivity contribution in [3.8, 4) is 5.75 Å². The number of carbonyl (C=O) groups excluding carboxylic acids is 2. The number of amides is 2. The van der Waals surface area contributed by atoms with E-state index in [0.717, 1.165) is 18.7 Å². The number of likely N-dealkylation sites (N-methyl/N-ethyl adjacent to an activating group) is 1. The summed E-state index contributed by atoms with van der Waals surface area (Å²) in [6.07, 6.45) is 0.465. The highest BCUT2D eigenvalue weighted by atomic mass is 19.1. The molecule has 0 saturated carbocycles. The van der Waals surface area contributed by atoms with Crippen molar-refractivity contribution in [3.63, 3.8) is 0 Å². The lowest BCUT2D eigenvalue weighted by Gasteiger charge is -2.34. The van der Waals surface area contributed by atoms with Crippen molar-refractivity contribution in [2.45, 2.75) is 6.42 Å². The number of carbonyl (C=O) groups is 2. The summed E-state index contributed by atoms with van der Waals surface area (Å²) in [5, 5.41) is 0. The molecule has 0 spiro atoms. The Bertz CT molecular complexity index is 1010. The predicted octanol–water partition coefficient (Wildman–Crippen LogP) is 2.40. The fraction of sp³-hybridized carbons (Fsp3) is 0.333. The summed E-state index contributed by atoms with van der Waals surface area (Å²) >= 11 is 0. The van der Waals surface area contributed by atoms with Gasteiger partial charge < -0.3 is 14.5 Å². The number of hydrogen-bond donors (Lipinski definition) is 0. The minimum Gasteiger partial charge on any atom is -0.496 e. The summed E-state index contributed by atoms with van der Waals surface area (Å²) in [6, 6.07) is 13.4. The van der Waals surface area contributed by atoms with Crippen LogP contribution in [0.1, 0.15) is 11.1 Å². The van der Waals surface area contributed by atoms with E-state index in [1.54, 1.807) is 25.3 Å². The average Bonchev–Trinajstić information content (AvgIpc) is 3.03. The zero-order valence-corrected chi connectivity index (χ0v) is 17.8. The topological polar surface area (TPSA) is 53.1 Å². The van der Waals surface area contributed by atoms with E-state index < -0.39 is 0 Å². The first-order valence-electron chi connectivity index (χ1n) is 10.4. The van der Waals surface area contributed by atoms with Gasteiger partial charge in [0.1, 0.15) is 17.3 Å². The predicted molar refractivity (Wildman–Crippen MR) is 116 cm³/mol. The number of methoxy groups -OCH3 is 1. The van der Waals surface area contributed by atoms with Gasteiger partial charge in [0.05, 0.1) is 12.7 Å². The molecule has 1 saturated heterocycles. The summed E-state index contributed by atoms with van der Waals surface area (Å²) in [5.41, 5.74) is 2.34. The molecule has 4 rings (SSSR count). The van der Waals surface area contributed by atoms with E-state index in [2.05, 4.69) is 4.90 Å². The van der Waals surface area contributed by atoms with Crippen LogP contribution >= 0.6 is 0 Å². The molecule has 2 aliphatic heterocycles. The first-order valence-corrected chi connectivity index (χ1v) is 10.4. The molecular weight excluding hydrogens is 397 g/mol. The smallest absolute Gasteiger partial charge is 0.277 e. The summed E-state index contributed by atoms with van der Waals surface area (Å²) in [6.45, 7) is 3.23. The number of piperazine rings is 1. The standard InChI is InChI=1S/C24H26FN3O3/c1-26-13-15-27(16-14-26)22-21(19-5-3-4-6-20(19)31-2)23(29)28(24(22)30)12-11-17-7-9-18(25)10-8-17/h3-10H,11-16H2,1-2H3. The number of ether oxygens (including phenoxy) is 1. The lowest BCUT2D eigenvalue weighted by Crippen LogP contribution is -2.46. The van der Waals surface area contributed by atoms with E-state index in [1.165, 1.54) is 17.0 Å². The molecule has 2 aromatic carbocycles. The second-order valence-corrected chi connectivity index (χ2v) is 7.85. The maximum Gasteiger partial charge on any atom is 0.277 e. The number of imide groups is 1. The van der Waals surface area contributed by atoms with Crippen molar-refractivity contribution in [1.82, 2.24) is 14.7 Å². The fourth-order valence-corrected chi connectivity index (χ4v) is 4.08. The third-order valence-corrected chi connectivity index (χ3v) is 5.88. The zero-order valence-electron chi connectivity index (χ0n) is 17.8. The van der Waals surface area contributed by atoms with E-state index in [4.69, 9.17) is 4.74 Å². The molecule has 6 nitrogen and oxygen atoms in total. The van der Waals surface area contributed by atoms with Crippen molar-refractivity contribution in [2.24, 2.45) is 0 Å². The van der Waals surface area contributed by atoms with Crippen LogP contribution in [0.5, 0.6) is 5.75 Å². The lowest BCUT2D eigenvalue weighted by molar-refractivity contribution is -0.137. The number of benzene rings is 2. The summed E-state index contributed by atoms with van der Waals surface area (Å²) in [7, 11) is 3.60. The molecule has 2 heterocycles. The van der Waals surface area contributed by atoms with Crippen LogP contribution in [-0.4, -0.2) is 73.4 Å². The number of halogens is 1. The Morgan fingerprint density at radius 2 is 1.61 bits per heavy atom. The van der Waals surface area contributed by atoms with Crippen LogP contribution in [0.25, 0.3) is 5.57 Å². The number of nitrogens with zero attached hydrogens (tertiary/aromatic N) is 3. The summed E-state index contributed by atoms with van der Waals surface area (Å²) < 4.78 is 18.7. The highest BCUT2D eigenvalue weighted by Crippen LogP contribution is 2.36. The maximum absolute atomic E-state index is 13.5. The van der Waals surface area contributed by atoms with Gasteiger partial charge in [-0.05, 0) is 37.2 Å². The highest BCUT2D eigenvalue weighted by Gasteiger charge is 2.42. The van der Waals surface area contributed by atoms with Gasteiger partial charge in [0.2, 0.25) is 0 Å². The van der Waals surface area contributed by atoms with Crippen LogP contribution in [0.4, 0.5) is 4.39 Å². The molecule has 0 bridgehead atoms. The van der Waals surface area contributed by atoms with Gasteiger partial charge in [0.25, 0.3) is 11.8 Å². The molecule has 0 unspecified atom stereocenters. The molecule has 31 heavy (non-hydrogen) atoms. The molecule has 1 fully saturated rings. The quantitative estimate of drug-likeness (QED) is 0.668. The summed E-state index contributed by atoms with van der Waals surface area (Å²) in [4.78, 5) is 32.4. The largest absolute Gasteiger partial charge is 0.496 e. The van der Waals surface area contributed by atoms with Gasteiger partial charge in [-0.2, -0.15) is 0 Å². The number of rotatable bonds is 6. The van der Waals surface area contributed by atoms with Crippen LogP contribution in [0.3, 0.4) is 0 Å². The van der Waals surface area contributed by atoms with E-state index in [1.807, 2.05) is 30.1 Å². The highest BCUT2D eigenvalue weighted by molar-refractivity contribution is 6.36. The summed E-state index contributed by atoms with van der Waals surface area (Å²) in [5.74, 6) is -0.344. The Kier molecular flexibility index (Phi) is 6.04. The van der Waals surface area contributed by atoms with E-state index in [0.29, 0.717) is 42.1 Å². The van der Waals surface area contributed by atoms with E-state index >= 15 is 0 Å². The average molecular weight is 423 g/mol. The monoisotopic (exact) mass is 423 g/mol. The first kappa shape index (κ1) is 21.1. The van der Waals surface area contributed by atoms with Gasteiger partial charge in [-0.15, -0.1) is 0 Å². The Morgan fingerprint density at radius 1 is 0.935 bits per heavy atom. The SMILES string of the molecule is COc1ccccc1C1=C(N2CCN(C)CC2)C(=O)N(CCc2ccc(F)cc2)C1=O. The van der Waals surface area contributed by atoms with Crippen LogP contribution < -0.4 is 4.74 Å². The van der Waals surface area contributed by atoms with Crippen molar-refractivity contribution in [2.75, 3.05) is 46.9 Å². The molecule has 162 valence electrons. The van der Waals surface area contributed by atoms with Gasteiger partial charge >= 0.3 is 0 Å². The lowest BCUT2D eigenvalue weighted by atomic mass is 10.0. The Labute approximate surface area is 181 Å². The fourth-order valence-electron chi connectivity index (χ4n) is 4.08. The first-order chi connectivity index (χ1) is 15.0. The van der Waals surface area contributed by atoms with Crippen molar-refractivity contribution >= 4 is 17.4 Å². The molecule has 0 radical (unpaired) electrons. The van der Waals surface area contributed by atoms with Crippen LogP contribution in [0.15, 0.2) is 54.2 Å². The molecule has 7 heteroatoms. The Balaban J connectivity index is 1.67. The molecule has 0 atom stereocenters. The van der Waals surface area contributed by atoms with Gasteiger partial charge in [-0.1, -0.05) is 30.3 Å². The maximum atomic E-state index is 13.5. The molecule has 0 N–H and O–H groups in total. The molecule has 0 aliphatic carbocycles. The van der Waals surface area contributed by atoms with Crippen LogP contribution in [-0.2, 0) is 16.0 Å². The van der Waals surface area contributed by atoms with Crippen LogP contribution in [0.2, 0.25) is 0 Å². The zero-order chi connectivity index (χ0) is 22.0. The molecule has 0 aromatic heterocycles. The minimum absolute atomic E-state index is 0.235. The van der Waals surface area contributed by atoms with Gasteiger partial charge in [-0.25, -0.2) is 4.39 Å². The van der Waals surface area contributed by atoms with Crippen LogP contribution in [0, 0.1) is 5.82 Å².